The van der Waals surface area contributed by atoms with Gasteiger partial charge in [-0.25, -0.2) is 0 Å². The molecule has 0 aliphatic carbocycles. The monoisotopic (exact) mass is 451 g/mol. The maximum Gasteiger partial charge on any atom is 0.202 e. The molecule has 0 spiro atoms. The molecule has 0 unspecified atom stereocenters. The van der Waals surface area contributed by atoms with Crippen LogP contribution in [-0.2, 0) is 6.42 Å². The summed E-state index contributed by atoms with van der Waals surface area (Å²) in [5.74, 6) is 0.225. The minimum Gasteiger partial charge on any atom is -0.508 e. The second kappa shape index (κ2) is 6.65. The standard InChI is InChI=1S/C22H14BrNO3S/c23-13-5-8-17-15(11-13)21(26)19-20(18-2-1-9-28-18)24-16(22(19)27-17)10-12-3-6-14(25)7-4-12/h1-9,11,24-25H,10H2. The van der Waals surface area contributed by atoms with Gasteiger partial charge in [0.05, 0.1) is 27.0 Å². The highest BCUT2D eigenvalue weighted by atomic mass is 79.9. The zero-order chi connectivity index (χ0) is 19.3. The van der Waals surface area contributed by atoms with E-state index >= 15 is 0 Å². The molecule has 0 radical (unpaired) electrons. The maximum absolute atomic E-state index is 13.3. The molecule has 5 rings (SSSR count). The van der Waals surface area contributed by atoms with Crippen LogP contribution < -0.4 is 5.43 Å². The minimum absolute atomic E-state index is 0.0471. The van der Waals surface area contributed by atoms with Gasteiger partial charge >= 0.3 is 0 Å². The molecular weight excluding hydrogens is 438 g/mol. The van der Waals surface area contributed by atoms with Crippen LogP contribution in [0.5, 0.6) is 5.75 Å². The Bertz CT molecular complexity index is 1370. The lowest BCUT2D eigenvalue weighted by Gasteiger charge is -2.02. The molecule has 6 heteroatoms. The lowest BCUT2D eigenvalue weighted by molar-refractivity contribution is 0.475. The Labute approximate surface area is 172 Å². The summed E-state index contributed by atoms with van der Waals surface area (Å²) < 4.78 is 7.03. The van der Waals surface area contributed by atoms with Crippen LogP contribution in [0.1, 0.15) is 11.3 Å². The van der Waals surface area contributed by atoms with Crippen molar-refractivity contribution in [3.05, 3.63) is 85.9 Å². The lowest BCUT2D eigenvalue weighted by atomic mass is 10.1. The normalized spacial score (nSPS) is 11.5. The van der Waals surface area contributed by atoms with Crippen LogP contribution in [0.15, 0.2) is 73.7 Å². The summed E-state index contributed by atoms with van der Waals surface area (Å²) >= 11 is 5.01. The third-order valence-electron chi connectivity index (χ3n) is 4.74. The molecule has 0 aliphatic heterocycles. The first-order chi connectivity index (χ1) is 13.6. The van der Waals surface area contributed by atoms with E-state index in [0.717, 1.165) is 26.3 Å². The topological polar surface area (TPSA) is 66.2 Å². The highest BCUT2D eigenvalue weighted by Crippen LogP contribution is 2.34. The molecule has 4 nitrogen and oxygen atoms in total. The lowest BCUT2D eigenvalue weighted by Crippen LogP contribution is -2.02. The van der Waals surface area contributed by atoms with E-state index in [0.29, 0.717) is 28.4 Å². The number of H-pyrrole nitrogens is 1. The fourth-order valence-electron chi connectivity index (χ4n) is 3.43. The number of nitrogens with one attached hydrogen (secondary N) is 1. The quantitative estimate of drug-likeness (QED) is 0.350. The summed E-state index contributed by atoms with van der Waals surface area (Å²) in [7, 11) is 0. The number of hydrogen-bond acceptors (Lipinski definition) is 4. The van der Waals surface area contributed by atoms with Crippen molar-refractivity contribution in [1.29, 1.82) is 0 Å². The SMILES string of the molecule is O=c1c2cc(Br)ccc2oc2c(Cc3ccc(O)cc3)[nH]c(-c3cccs3)c12. The van der Waals surface area contributed by atoms with Gasteiger partial charge < -0.3 is 14.5 Å². The predicted octanol–water partition coefficient (Wildman–Crippen LogP) is 6.06. The van der Waals surface area contributed by atoms with E-state index in [1.165, 1.54) is 0 Å². The molecule has 0 amide bonds. The van der Waals surface area contributed by atoms with Crippen LogP contribution in [0.4, 0.5) is 0 Å². The van der Waals surface area contributed by atoms with Crippen LogP contribution in [0.25, 0.3) is 32.5 Å². The van der Waals surface area contributed by atoms with Crippen molar-refractivity contribution >= 4 is 49.2 Å². The number of rotatable bonds is 3. The number of fused-ring (bicyclic) bond motifs is 2. The Morgan fingerprint density at radius 3 is 2.68 bits per heavy atom. The van der Waals surface area contributed by atoms with Crippen molar-refractivity contribution < 1.29 is 9.52 Å². The fraction of sp³-hybridized carbons (Fsp3) is 0.0455. The van der Waals surface area contributed by atoms with Gasteiger partial charge in [-0.05, 0) is 47.3 Å². The number of aromatic hydroxyl groups is 1. The zero-order valence-corrected chi connectivity index (χ0v) is 16.9. The Hall–Kier alpha value is -2.83. The van der Waals surface area contributed by atoms with E-state index in [2.05, 4.69) is 20.9 Å². The number of hydrogen-bond donors (Lipinski definition) is 2. The van der Waals surface area contributed by atoms with Gasteiger partial charge in [0.1, 0.15) is 11.3 Å². The summed E-state index contributed by atoms with van der Waals surface area (Å²) in [5.41, 5.74) is 3.73. The van der Waals surface area contributed by atoms with Crippen molar-refractivity contribution in [1.82, 2.24) is 4.98 Å². The van der Waals surface area contributed by atoms with Crippen LogP contribution in [0.3, 0.4) is 0 Å². The van der Waals surface area contributed by atoms with Gasteiger partial charge in [-0.15, -0.1) is 11.3 Å². The van der Waals surface area contributed by atoms with Crippen LogP contribution >= 0.6 is 27.3 Å². The molecule has 0 bridgehead atoms. The highest BCUT2D eigenvalue weighted by Gasteiger charge is 2.20. The number of aromatic nitrogens is 1. The zero-order valence-electron chi connectivity index (χ0n) is 14.5. The molecular formula is C22H14BrNO3S. The van der Waals surface area contributed by atoms with Gasteiger partial charge in [-0.2, -0.15) is 0 Å². The Morgan fingerprint density at radius 2 is 1.93 bits per heavy atom. The molecule has 2 N–H and O–H groups in total. The van der Waals surface area contributed by atoms with Crippen LogP contribution in [0.2, 0.25) is 0 Å². The Kier molecular flexibility index (Phi) is 4.10. The van der Waals surface area contributed by atoms with Crippen molar-refractivity contribution in [3.8, 4) is 16.3 Å². The van der Waals surface area contributed by atoms with E-state index in [1.807, 2.05) is 41.8 Å². The van der Waals surface area contributed by atoms with Crippen molar-refractivity contribution in [3.63, 3.8) is 0 Å². The first-order valence-corrected chi connectivity index (χ1v) is 10.4. The molecule has 28 heavy (non-hydrogen) atoms. The first kappa shape index (κ1) is 17.3. The number of thiophene rings is 1. The predicted molar refractivity (Wildman–Crippen MR) is 116 cm³/mol. The van der Waals surface area contributed by atoms with E-state index < -0.39 is 0 Å². The molecule has 0 saturated carbocycles. The molecule has 138 valence electrons. The summed E-state index contributed by atoms with van der Waals surface area (Å²) in [6.45, 7) is 0. The van der Waals surface area contributed by atoms with Gasteiger partial charge in [0.25, 0.3) is 0 Å². The summed E-state index contributed by atoms with van der Waals surface area (Å²) in [6, 6.07) is 16.5. The summed E-state index contributed by atoms with van der Waals surface area (Å²) in [4.78, 5) is 17.8. The molecule has 5 aromatic rings. The average Bonchev–Trinajstić information content (AvgIpc) is 3.33. The van der Waals surface area contributed by atoms with E-state index in [-0.39, 0.29) is 11.2 Å². The fourth-order valence-corrected chi connectivity index (χ4v) is 4.52. The minimum atomic E-state index is -0.0471. The first-order valence-electron chi connectivity index (χ1n) is 8.69. The molecule has 3 aromatic heterocycles. The van der Waals surface area contributed by atoms with Gasteiger partial charge in [0.15, 0.2) is 5.58 Å². The molecule has 0 atom stereocenters. The van der Waals surface area contributed by atoms with E-state index in [4.69, 9.17) is 4.42 Å². The molecule has 0 fully saturated rings. The van der Waals surface area contributed by atoms with Crippen LogP contribution in [0, 0.1) is 0 Å². The van der Waals surface area contributed by atoms with Gasteiger partial charge in [-0.1, -0.05) is 34.1 Å². The van der Waals surface area contributed by atoms with E-state index in [9.17, 15) is 9.90 Å². The van der Waals surface area contributed by atoms with Gasteiger partial charge in [0, 0.05) is 10.9 Å². The molecule has 3 heterocycles. The number of phenols is 1. The van der Waals surface area contributed by atoms with Crippen LogP contribution in [-0.4, -0.2) is 10.1 Å². The van der Waals surface area contributed by atoms with Gasteiger partial charge in [-0.3, -0.25) is 4.79 Å². The Balaban J connectivity index is 1.80. The largest absolute Gasteiger partial charge is 0.508 e. The molecule has 2 aromatic carbocycles. The Morgan fingerprint density at radius 1 is 1.11 bits per heavy atom. The highest BCUT2D eigenvalue weighted by molar-refractivity contribution is 9.10. The second-order valence-electron chi connectivity index (χ2n) is 6.57. The number of halogens is 1. The number of aromatic amines is 1. The third kappa shape index (κ3) is 2.85. The summed E-state index contributed by atoms with van der Waals surface area (Å²) in [6.07, 6.45) is 0.563. The smallest absolute Gasteiger partial charge is 0.202 e. The molecule has 0 aliphatic rings. The third-order valence-corrected chi connectivity index (χ3v) is 6.12. The van der Waals surface area contributed by atoms with Gasteiger partial charge in [0.2, 0.25) is 5.43 Å². The maximum atomic E-state index is 13.3. The van der Waals surface area contributed by atoms with Crippen molar-refractivity contribution in [2.75, 3.05) is 0 Å². The van der Waals surface area contributed by atoms with Crippen molar-refractivity contribution in [2.24, 2.45) is 0 Å². The van der Waals surface area contributed by atoms with Crippen molar-refractivity contribution in [2.45, 2.75) is 6.42 Å². The molecule has 0 saturated heterocycles. The summed E-state index contributed by atoms with van der Waals surface area (Å²) in [5, 5.41) is 12.6. The second-order valence-corrected chi connectivity index (χ2v) is 8.44. The average molecular weight is 452 g/mol. The van der Waals surface area contributed by atoms with E-state index in [1.54, 1.807) is 29.5 Å². The number of benzene rings is 2. The number of phenolic OH excluding ortho intramolecular Hbond substituents is 1.